The molecule has 0 heterocycles. The summed E-state index contributed by atoms with van der Waals surface area (Å²) >= 11 is 0. The molecule has 0 aliphatic rings. The summed E-state index contributed by atoms with van der Waals surface area (Å²) in [6.07, 6.45) is 1.23. The zero-order valence-electron chi connectivity index (χ0n) is 17.1. The van der Waals surface area contributed by atoms with Crippen molar-refractivity contribution >= 4 is 15.8 Å². The Bertz CT molecular complexity index is 704. The highest BCUT2D eigenvalue weighted by atomic mass is 32.2. The third-order valence-corrected chi connectivity index (χ3v) is 5.57. The number of sulfone groups is 1. The number of aryl methyl sites for hydroxylation is 1. The first-order valence-corrected chi connectivity index (χ1v) is 10.9. The van der Waals surface area contributed by atoms with Gasteiger partial charge in [-0.25, -0.2) is 8.42 Å². The van der Waals surface area contributed by atoms with Gasteiger partial charge in [-0.05, 0) is 51.8 Å². The van der Waals surface area contributed by atoms with Crippen molar-refractivity contribution in [2.75, 3.05) is 26.4 Å². The topological polar surface area (TPSA) is 73.8 Å². The van der Waals surface area contributed by atoms with Crippen molar-refractivity contribution in [2.45, 2.75) is 58.1 Å². The van der Waals surface area contributed by atoms with E-state index in [0.29, 0.717) is 23.5 Å². The van der Waals surface area contributed by atoms with Crippen molar-refractivity contribution in [2.24, 2.45) is 4.99 Å². The second-order valence-electron chi connectivity index (χ2n) is 7.15. The zero-order valence-corrected chi connectivity index (χ0v) is 17.9. The molecule has 0 aliphatic carbocycles. The fraction of sp³-hybridized carbons (Fsp3) is 0.632. The quantitative estimate of drug-likeness (QED) is 0.532. The van der Waals surface area contributed by atoms with Gasteiger partial charge in [-0.1, -0.05) is 12.1 Å². The fourth-order valence-electron chi connectivity index (χ4n) is 3.06. The van der Waals surface area contributed by atoms with Crippen molar-refractivity contribution < 1.29 is 8.42 Å². The molecule has 0 amide bonds. The molecule has 1 aromatic rings. The molecule has 148 valence electrons. The predicted molar refractivity (Wildman–Crippen MR) is 109 cm³/mol. The highest BCUT2D eigenvalue weighted by Crippen LogP contribution is 2.16. The Hall–Kier alpha value is -1.60. The van der Waals surface area contributed by atoms with Gasteiger partial charge in [-0.15, -0.1) is 0 Å². The van der Waals surface area contributed by atoms with Crippen LogP contribution in [0.15, 0.2) is 28.1 Å². The average Bonchev–Trinajstić information content (AvgIpc) is 2.52. The normalized spacial score (nSPS) is 12.9. The van der Waals surface area contributed by atoms with Crippen LogP contribution in [-0.2, 0) is 16.4 Å². The van der Waals surface area contributed by atoms with Crippen molar-refractivity contribution in [1.82, 2.24) is 15.5 Å². The lowest BCUT2D eigenvalue weighted by Gasteiger charge is -2.30. The van der Waals surface area contributed by atoms with Gasteiger partial charge in [-0.3, -0.25) is 9.89 Å². The highest BCUT2D eigenvalue weighted by molar-refractivity contribution is 7.90. The molecule has 0 fully saturated rings. The maximum atomic E-state index is 11.7. The summed E-state index contributed by atoms with van der Waals surface area (Å²) in [5.41, 5.74) is 1.78. The van der Waals surface area contributed by atoms with E-state index in [9.17, 15) is 8.42 Å². The van der Waals surface area contributed by atoms with E-state index in [1.54, 1.807) is 13.1 Å². The van der Waals surface area contributed by atoms with Crippen LogP contribution in [0.1, 0.15) is 38.8 Å². The van der Waals surface area contributed by atoms with Crippen LogP contribution in [0.25, 0.3) is 0 Å². The van der Waals surface area contributed by atoms with E-state index >= 15 is 0 Å². The first kappa shape index (κ1) is 22.4. The molecule has 0 bridgehead atoms. The van der Waals surface area contributed by atoms with Crippen LogP contribution in [0.4, 0.5) is 0 Å². The maximum absolute atomic E-state index is 11.7. The van der Waals surface area contributed by atoms with E-state index < -0.39 is 9.84 Å². The van der Waals surface area contributed by atoms with Crippen LogP contribution in [0.2, 0.25) is 0 Å². The number of hydrogen-bond donors (Lipinski definition) is 2. The maximum Gasteiger partial charge on any atom is 0.191 e. The molecule has 0 aromatic heterocycles. The Labute approximate surface area is 159 Å². The van der Waals surface area contributed by atoms with Gasteiger partial charge in [0.05, 0.1) is 4.90 Å². The van der Waals surface area contributed by atoms with Gasteiger partial charge in [0.2, 0.25) is 0 Å². The van der Waals surface area contributed by atoms with E-state index in [1.165, 1.54) is 6.26 Å². The van der Waals surface area contributed by atoms with E-state index in [0.717, 1.165) is 30.2 Å². The molecule has 26 heavy (non-hydrogen) atoms. The van der Waals surface area contributed by atoms with Crippen LogP contribution < -0.4 is 10.6 Å². The lowest BCUT2D eigenvalue weighted by atomic mass is 10.1. The summed E-state index contributed by atoms with van der Waals surface area (Å²) in [6, 6.07) is 6.41. The van der Waals surface area contributed by atoms with Gasteiger partial charge < -0.3 is 10.6 Å². The van der Waals surface area contributed by atoms with Gasteiger partial charge in [0, 0.05) is 45.0 Å². The molecule has 0 spiro atoms. The largest absolute Gasteiger partial charge is 0.355 e. The molecular formula is C19H34N4O2S. The number of nitrogens with one attached hydrogen (secondary N) is 2. The Balaban J connectivity index is 2.59. The molecule has 2 N–H and O–H groups in total. The summed E-state index contributed by atoms with van der Waals surface area (Å²) in [5.74, 6) is 0.738. The molecular weight excluding hydrogens is 348 g/mol. The number of aliphatic imine (C=N–C) groups is 1. The van der Waals surface area contributed by atoms with Crippen LogP contribution in [-0.4, -0.2) is 57.8 Å². The Kier molecular flexibility index (Phi) is 8.56. The minimum atomic E-state index is -3.18. The molecule has 1 rings (SSSR count). The van der Waals surface area contributed by atoms with Crippen LogP contribution in [0.3, 0.4) is 0 Å². The summed E-state index contributed by atoms with van der Waals surface area (Å²) in [6.45, 7) is 13.0. The van der Waals surface area contributed by atoms with E-state index in [-0.39, 0.29) is 0 Å². The van der Waals surface area contributed by atoms with Crippen molar-refractivity contribution in [3.05, 3.63) is 29.3 Å². The second-order valence-corrected chi connectivity index (χ2v) is 9.13. The lowest BCUT2D eigenvalue weighted by molar-refractivity contribution is 0.178. The number of guanidine groups is 1. The first-order valence-electron chi connectivity index (χ1n) is 9.06. The third kappa shape index (κ3) is 6.96. The van der Waals surface area contributed by atoms with Gasteiger partial charge in [0.25, 0.3) is 0 Å². The summed E-state index contributed by atoms with van der Waals surface area (Å²) < 4.78 is 23.4. The van der Waals surface area contributed by atoms with Crippen molar-refractivity contribution in [3.8, 4) is 0 Å². The number of benzene rings is 1. The number of hydrogen-bond acceptors (Lipinski definition) is 4. The van der Waals surface area contributed by atoms with Crippen LogP contribution in [0.5, 0.6) is 0 Å². The second kappa shape index (κ2) is 9.92. The monoisotopic (exact) mass is 382 g/mol. The third-order valence-electron chi connectivity index (χ3n) is 4.31. The smallest absolute Gasteiger partial charge is 0.191 e. The molecule has 1 aromatic carbocycles. The van der Waals surface area contributed by atoms with E-state index in [1.807, 2.05) is 19.1 Å². The van der Waals surface area contributed by atoms with Crippen molar-refractivity contribution in [3.63, 3.8) is 0 Å². The minimum Gasteiger partial charge on any atom is -0.355 e. The number of rotatable bonds is 8. The summed E-state index contributed by atoms with van der Waals surface area (Å²) in [7, 11) is -1.44. The lowest BCUT2D eigenvalue weighted by Crippen LogP contribution is -2.45. The Morgan fingerprint density at radius 3 is 2.23 bits per heavy atom. The molecule has 0 saturated carbocycles. The molecule has 7 heteroatoms. The fourth-order valence-corrected chi connectivity index (χ4v) is 4.02. The first-order chi connectivity index (χ1) is 12.1. The number of nitrogens with zero attached hydrogens (tertiary/aromatic N) is 2. The average molecular weight is 383 g/mol. The van der Waals surface area contributed by atoms with Crippen molar-refractivity contribution in [1.29, 1.82) is 0 Å². The van der Waals surface area contributed by atoms with Gasteiger partial charge in [-0.2, -0.15) is 0 Å². The van der Waals surface area contributed by atoms with Crippen LogP contribution in [0, 0.1) is 6.92 Å². The van der Waals surface area contributed by atoms with Gasteiger partial charge >= 0.3 is 0 Å². The van der Waals surface area contributed by atoms with E-state index in [2.05, 4.69) is 48.2 Å². The molecule has 0 atom stereocenters. The minimum absolute atomic E-state index is 0.381. The molecule has 6 nitrogen and oxygen atoms in total. The molecule has 0 saturated heterocycles. The standard InChI is InChI=1S/C19H34N4O2S/c1-14(2)23(15(3)4)11-10-21-19(20-6)22-13-17-8-9-18(16(5)12-17)26(7,24)25/h8-9,12,14-15H,10-11,13H2,1-7H3,(H2,20,21,22). The predicted octanol–water partition coefficient (Wildman–Crippen LogP) is 2.18. The molecule has 0 unspecified atom stereocenters. The Morgan fingerprint density at radius 2 is 1.77 bits per heavy atom. The SMILES string of the molecule is CN=C(NCCN(C(C)C)C(C)C)NCc1ccc(S(C)(=O)=O)c(C)c1. The van der Waals surface area contributed by atoms with Crippen LogP contribution >= 0.6 is 0 Å². The molecule has 0 radical (unpaired) electrons. The van der Waals surface area contributed by atoms with Gasteiger partial charge in [0.1, 0.15) is 0 Å². The Morgan fingerprint density at radius 1 is 1.15 bits per heavy atom. The highest BCUT2D eigenvalue weighted by Gasteiger charge is 2.13. The zero-order chi connectivity index (χ0) is 19.9. The summed E-state index contributed by atoms with van der Waals surface area (Å²) in [4.78, 5) is 7.05. The molecule has 0 aliphatic heterocycles. The summed E-state index contributed by atoms with van der Waals surface area (Å²) in [5, 5.41) is 6.61. The van der Waals surface area contributed by atoms with E-state index in [4.69, 9.17) is 0 Å². The van der Waals surface area contributed by atoms with Gasteiger partial charge in [0.15, 0.2) is 15.8 Å².